The van der Waals surface area contributed by atoms with Crippen LogP contribution in [0.5, 0.6) is 0 Å². The quantitative estimate of drug-likeness (QED) is 0.778. The normalized spacial score (nSPS) is 19.3. The number of hydrogen-bond acceptors (Lipinski definition) is 3. The van der Waals surface area contributed by atoms with E-state index < -0.39 is 0 Å². The molecule has 0 aliphatic carbocycles. The summed E-state index contributed by atoms with van der Waals surface area (Å²) in [5.41, 5.74) is 5.95. The fourth-order valence-electron chi connectivity index (χ4n) is 2.63. The molecule has 0 aromatic heterocycles. The van der Waals surface area contributed by atoms with Crippen LogP contribution in [0.3, 0.4) is 0 Å². The van der Waals surface area contributed by atoms with Crippen molar-refractivity contribution in [1.29, 1.82) is 0 Å². The molecule has 4 heteroatoms. The smallest absolute Gasteiger partial charge is 0.239 e. The summed E-state index contributed by atoms with van der Waals surface area (Å²) < 4.78 is 0. The second-order valence-electron chi connectivity index (χ2n) is 5.78. The molecule has 0 unspecified atom stereocenters. The molecule has 2 N–H and O–H groups in total. The zero-order valence-electron chi connectivity index (χ0n) is 12.2. The van der Waals surface area contributed by atoms with Crippen LogP contribution in [0.1, 0.15) is 39.0 Å². The molecule has 0 aromatic carbocycles. The van der Waals surface area contributed by atoms with Crippen LogP contribution < -0.4 is 5.73 Å². The standard InChI is InChI=1S/C14H29N3O/c1-4-5-6-13(15)14(18)17-9-7-12(8-10-17)11-16(2)3/h12-13H,4-11,15H2,1-3H3/t13-/m0/s1. The Labute approximate surface area is 111 Å². The Balaban J connectivity index is 2.31. The van der Waals surface area contributed by atoms with Crippen LogP contribution in [0, 0.1) is 5.92 Å². The summed E-state index contributed by atoms with van der Waals surface area (Å²) >= 11 is 0. The van der Waals surface area contributed by atoms with E-state index in [9.17, 15) is 4.79 Å². The van der Waals surface area contributed by atoms with E-state index in [1.54, 1.807) is 0 Å². The Kier molecular flexibility index (Phi) is 6.65. The lowest BCUT2D eigenvalue weighted by Gasteiger charge is -2.34. The highest BCUT2D eigenvalue weighted by Crippen LogP contribution is 2.18. The number of unbranched alkanes of at least 4 members (excludes halogenated alkanes) is 1. The van der Waals surface area contributed by atoms with Crippen molar-refractivity contribution in [3.05, 3.63) is 0 Å². The molecule has 1 saturated heterocycles. The second kappa shape index (κ2) is 7.74. The molecular weight excluding hydrogens is 226 g/mol. The molecule has 4 nitrogen and oxygen atoms in total. The lowest BCUT2D eigenvalue weighted by atomic mass is 9.95. The first-order valence-corrected chi connectivity index (χ1v) is 7.23. The number of hydrogen-bond donors (Lipinski definition) is 1. The van der Waals surface area contributed by atoms with Gasteiger partial charge in [0.1, 0.15) is 0 Å². The van der Waals surface area contributed by atoms with Gasteiger partial charge in [-0.2, -0.15) is 0 Å². The maximum Gasteiger partial charge on any atom is 0.239 e. The Morgan fingerprint density at radius 1 is 1.39 bits per heavy atom. The van der Waals surface area contributed by atoms with E-state index in [2.05, 4.69) is 25.9 Å². The lowest BCUT2D eigenvalue weighted by molar-refractivity contribution is -0.134. The maximum absolute atomic E-state index is 12.1. The largest absolute Gasteiger partial charge is 0.341 e. The van der Waals surface area contributed by atoms with Gasteiger partial charge in [0.15, 0.2) is 0 Å². The maximum atomic E-state index is 12.1. The van der Waals surface area contributed by atoms with E-state index in [1.165, 1.54) is 0 Å². The summed E-state index contributed by atoms with van der Waals surface area (Å²) in [4.78, 5) is 16.3. The predicted molar refractivity (Wildman–Crippen MR) is 75.4 cm³/mol. The van der Waals surface area contributed by atoms with Crippen molar-refractivity contribution < 1.29 is 4.79 Å². The Morgan fingerprint density at radius 3 is 2.50 bits per heavy atom. The summed E-state index contributed by atoms with van der Waals surface area (Å²) in [6, 6.07) is -0.282. The van der Waals surface area contributed by atoms with Crippen molar-refractivity contribution in [2.24, 2.45) is 11.7 Å². The summed E-state index contributed by atoms with van der Waals surface area (Å²) in [5, 5.41) is 0. The van der Waals surface area contributed by atoms with Crippen LogP contribution in [0.25, 0.3) is 0 Å². The van der Waals surface area contributed by atoms with Gasteiger partial charge in [-0.15, -0.1) is 0 Å². The molecule has 18 heavy (non-hydrogen) atoms. The second-order valence-corrected chi connectivity index (χ2v) is 5.78. The summed E-state index contributed by atoms with van der Waals surface area (Å²) in [5.74, 6) is 0.891. The minimum absolute atomic E-state index is 0.159. The van der Waals surface area contributed by atoms with Crippen LogP contribution in [0.15, 0.2) is 0 Å². The minimum Gasteiger partial charge on any atom is -0.341 e. The molecule has 1 amide bonds. The van der Waals surface area contributed by atoms with E-state index in [-0.39, 0.29) is 11.9 Å². The number of piperidine rings is 1. The highest BCUT2D eigenvalue weighted by atomic mass is 16.2. The van der Waals surface area contributed by atoms with Crippen molar-refractivity contribution in [2.45, 2.75) is 45.1 Å². The van der Waals surface area contributed by atoms with Gasteiger partial charge in [-0.3, -0.25) is 4.79 Å². The van der Waals surface area contributed by atoms with Crippen LogP contribution >= 0.6 is 0 Å². The van der Waals surface area contributed by atoms with E-state index in [1.807, 2.05) is 4.90 Å². The third-order valence-corrected chi connectivity index (χ3v) is 3.74. The molecule has 1 rings (SSSR count). The third-order valence-electron chi connectivity index (χ3n) is 3.74. The lowest BCUT2D eigenvalue weighted by Crippen LogP contribution is -2.47. The van der Waals surface area contributed by atoms with Crippen LogP contribution in [0.4, 0.5) is 0 Å². The Bertz CT molecular complexity index is 247. The van der Waals surface area contributed by atoms with Crippen LogP contribution in [-0.2, 0) is 4.79 Å². The zero-order chi connectivity index (χ0) is 13.5. The molecular formula is C14H29N3O. The summed E-state index contributed by atoms with van der Waals surface area (Å²) in [6.45, 7) is 5.03. The van der Waals surface area contributed by atoms with E-state index in [0.717, 1.165) is 57.7 Å². The van der Waals surface area contributed by atoms with Gasteiger partial charge >= 0.3 is 0 Å². The number of amides is 1. The van der Waals surface area contributed by atoms with Gasteiger partial charge in [-0.1, -0.05) is 19.8 Å². The Hall–Kier alpha value is -0.610. The monoisotopic (exact) mass is 255 g/mol. The molecule has 1 aliphatic heterocycles. The summed E-state index contributed by atoms with van der Waals surface area (Å²) in [7, 11) is 4.22. The van der Waals surface area contributed by atoms with Crippen molar-refractivity contribution in [1.82, 2.24) is 9.80 Å². The fourth-order valence-corrected chi connectivity index (χ4v) is 2.63. The fraction of sp³-hybridized carbons (Fsp3) is 0.929. The molecule has 0 radical (unpaired) electrons. The number of carbonyl (C=O) groups excluding carboxylic acids is 1. The molecule has 0 spiro atoms. The predicted octanol–water partition coefficient (Wildman–Crippen LogP) is 1.30. The average molecular weight is 255 g/mol. The van der Waals surface area contributed by atoms with Gasteiger partial charge in [0.25, 0.3) is 0 Å². The Morgan fingerprint density at radius 2 is 2.00 bits per heavy atom. The number of rotatable bonds is 6. The van der Waals surface area contributed by atoms with Gasteiger partial charge in [-0.05, 0) is 39.3 Å². The highest BCUT2D eigenvalue weighted by molar-refractivity contribution is 5.81. The number of nitrogens with zero attached hydrogens (tertiary/aromatic N) is 2. The van der Waals surface area contributed by atoms with Gasteiger partial charge in [0.2, 0.25) is 5.91 Å². The number of carbonyl (C=O) groups is 1. The first-order valence-electron chi connectivity index (χ1n) is 7.23. The molecule has 1 fully saturated rings. The SMILES string of the molecule is CCCC[C@H](N)C(=O)N1CCC(CN(C)C)CC1. The third kappa shape index (κ3) is 4.94. The van der Waals surface area contributed by atoms with Crippen molar-refractivity contribution >= 4 is 5.91 Å². The average Bonchev–Trinajstić information content (AvgIpc) is 2.35. The van der Waals surface area contributed by atoms with Gasteiger partial charge in [-0.25, -0.2) is 0 Å². The molecule has 106 valence electrons. The van der Waals surface area contributed by atoms with Crippen molar-refractivity contribution in [2.75, 3.05) is 33.7 Å². The number of nitrogens with two attached hydrogens (primary N) is 1. The van der Waals surface area contributed by atoms with E-state index in [4.69, 9.17) is 5.73 Å². The van der Waals surface area contributed by atoms with E-state index >= 15 is 0 Å². The molecule has 1 aliphatic rings. The summed E-state index contributed by atoms with van der Waals surface area (Å²) in [6.07, 6.45) is 5.21. The van der Waals surface area contributed by atoms with Gasteiger partial charge in [0, 0.05) is 19.6 Å². The van der Waals surface area contributed by atoms with E-state index in [0.29, 0.717) is 0 Å². The molecule has 0 bridgehead atoms. The van der Waals surface area contributed by atoms with Gasteiger partial charge in [0.05, 0.1) is 6.04 Å². The molecule has 0 saturated carbocycles. The van der Waals surface area contributed by atoms with Gasteiger partial charge < -0.3 is 15.5 Å². The zero-order valence-corrected chi connectivity index (χ0v) is 12.2. The molecule has 1 atom stereocenters. The highest BCUT2D eigenvalue weighted by Gasteiger charge is 2.26. The van der Waals surface area contributed by atoms with Crippen LogP contribution in [0.2, 0.25) is 0 Å². The topological polar surface area (TPSA) is 49.6 Å². The minimum atomic E-state index is -0.282. The van der Waals surface area contributed by atoms with Crippen LogP contribution in [-0.4, -0.2) is 55.5 Å². The molecule has 1 heterocycles. The number of likely N-dealkylation sites (tertiary alicyclic amines) is 1. The molecule has 0 aromatic rings. The van der Waals surface area contributed by atoms with Crippen molar-refractivity contribution in [3.8, 4) is 0 Å². The van der Waals surface area contributed by atoms with Crippen molar-refractivity contribution in [3.63, 3.8) is 0 Å². The first-order chi connectivity index (χ1) is 8.54. The first kappa shape index (κ1) is 15.4.